The molecule has 0 atom stereocenters. The van der Waals surface area contributed by atoms with E-state index in [9.17, 15) is 26.4 Å². The van der Waals surface area contributed by atoms with Crippen LogP contribution in [0.5, 0.6) is 0 Å². The van der Waals surface area contributed by atoms with Crippen LogP contribution in [0.4, 0.5) is 0 Å². The van der Waals surface area contributed by atoms with Gasteiger partial charge in [0, 0.05) is 35.6 Å². The number of hydrogen-bond acceptors (Lipinski definition) is 6. The summed E-state index contributed by atoms with van der Waals surface area (Å²) in [6, 6.07) is 15.8. The number of pyridine rings is 1. The lowest BCUT2D eigenvalue weighted by molar-refractivity contribution is 0.0908. The number of amides is 1. The Morgan fingerprint density at radius 3 is 2.29 bits per heavy atom. The van der Waals surface area contributed by atoms with E-state index in [1.54, 1.807) is 50.2 Å². The van der Waals surface area contributed by atoms with Crippen LogP contribution in [-0.2, 0) is 25.4 Å². The van der Waals surface area contributed by atoms with Crippen LogP contribution in [0, 0.1) is 0 Å². The Morgan fingerprint density at radius 2 is 1.63 bits per heavy atom. The zero-order valence-electron chi connectivity index (χ0n) is 21.1. The molecule has 0 unspecified atom stereocenters. The molecule has 0 bridgehead atoms. The molecule has 0 aliphatic carbocycles. The van der Waals surface area contributed by atoms with E-state index in [2.05, 4.69) is 10.3 Å². The summed E-state index contributed by atoms with van der Waals surface area (Å²) in [5.74, 6) is -0.678. The average molecular weight is 554 g/mol. The van der Waals surface area contributed by atoms with Crippen LogP contribution in [0.1, 0.15) is 36.2 Å². The van der Waals surface area contributed by atoms with Gasteiger partial charge in [-0.2, -0.15) is 4.31 Å². The Balaban J connectivity index is 1.57. The Morgan fingerprint density at radius 1 is 0.921 bits per heavy atom. The van der Waals surface area contributed by atoms with Crippen molar-refractivity contribution in [1.82, 2.24) is 14.6 Å². The number of aromatic nitrogens is 1. The predicted molar refractivity (Wildman–Crippen MR) is 145 cm³/mol. The number of sulfonamides is 1. The number of sulfone groups is 1. The fourth-order valence-corrected chi connectivity index (χ4v) is 7.03. The van der Waals surface area contributed by atoms with Gasteiger partial charge in [-0.1, -0.05) is 24.3 Å². The van der Waals surface area contributed by atoms with E-state index >= 15 is 0 Å². The van der Waals surface area contributed by atoms with Crippen molar-refractivity contribution in [2.75, 3.05) is 19.3 Å². The third-order valence-corrected chi connectivity index (χ3v) is 9.92. The summed E-state index contributed by atoms with van der Waals surface area (Å²) in [5, 5.41) is 3.41. The highest BCUT2D eigenvalue weighted by Crippen LogP contribution is 2.28. The second-order valence-corrected chi connectivity index (χ2v) is 14.0. The highest BCUT2D eigenvalue weighted by atomic mass is 32.2. The Bertz CT molecular complexity index is 1890. The molecule has 1 aromatic heterocycles. The van der Waals surface area contributed by atoms with Crippen LogP contribution in [-0.4, -0.2) is 51.4 Å². The fourth-order valence-electron chi connectivity index (χ4n) is 4.58. The summed E-state index contributed by atoms with van der Waals surface area (Å²) in [7, 11) is -7.52. The highest BCUT2D eigenvalue weighted by molar-refractivity contribution is 7.90. The third kappa shape index (κ3) is 4.50. The van der Waals surface area contributed by atoms with Gasteiger partial charge in [0.25, 0.3) is 5.91 Å². The minimum absolute atomic E-state index is 0.122. The maximum atomic E-state index is 13.5. The van der Waals surface area contributed by atoms with Crippen molar-refractivity contribution in [2.45, 2.75) is 35.6 Å². The summed E-state index contributed by atoms with van der Waals surface area (Å²) in [6.07, 6.45) is 1.80. The molecule has 2 heterocycles. The number of carbonyl (C=O) groups excluding carboxylic acids is 1. The third-order valence-electron chi connectivity index (χ3n) is 6.88. The summed E-state index contributed by atoms with van der Waals surface area (Å²) >= 11 is 0. The first-order valence-corrected chi connectivity index (χ1v) is 15.3. The average Bonchev–Trinajstić information content (AvgIpc) is 2.81. The van der Waals surface area contributed by atoms with Gasteiger partial charge in [0.1, 0.15) is 0 Å². The molecule has 1 aliphatic heterocycles. The quantitative estimate of drug-likeness (QED) is 0.353. The van der Waals surface area contributed by atoms with Gasteiger partial charge in [-0.05, 0) is 62.2 Å². The molecular formula is C27H27N3O6S2. The smallest absolute Gasteiger partial charge is 0.253 e. The number of aromatic amines is 1. The number of nitrogens with one attached hydrogen (secondary N) is 2. The predicted octanol–water partition coefficient (Wildman–Crippen LogP) is 3.14. The van der Waals surface area contributed by atoms with E-state index in [1.165, 1.54) is 28.6 Å². The van der Waals surface area contributed by atoms with Crippen molar-refractivity contribution in [3.63, 3.8) is 0 Å². The number of para-hydroxylation sites is 1. The molecule has 3 aromatic carbocycles. The Labute approximate surface area is 220 Å². The van der Waals surface area contributed by atoms with Gasteiger partial charge >= 0.3 is 0 Å². The van der Waals surface area contributed by atoms with E-state index in [0.717, 1.165) is 12.7 Å². The molecule has 1 aliphatic rings. The topological polar surface area (TPSA) is 133 Å². The van der Waals surface area contributed by atoms with Crippen molar-refractivity contribution < 1.29 is 21.6 Å². The molecule has 4 aromatic rings. The number of H-pyrrole nitrogens is 1. The van der Waals surface area contributed by atoms with Crippen LogP contribution in [0.15, 0.2) is 75.2 Å². The molecule has 0 radical (unpaired) electrons. The molecule has 198 valence electrons. The van der Waals surface area contributed by atoms with E-state index in [1.807, 2.05) is 0 Å². The zero-order chi connectivity index (χ0) is 27.5. The number of hydrogen-bond donors (Lipinski definition) is 2. The van der Waals surface area contributed by atoms with Crippen LogP contribution < -0.4 is 10.7 Å². The molecular weight excluding hydrogens is 526 g/mol. The van der Waals surface area contributed by atoms with Crippen molar-refractivity contribution in [3.8, 4) is 0 Å². The lowest BCUT2D eigenvalue weighted by Crippen LogP contribution is -2.43. The maximum absolute atomic E-state index is 13.5. The van der Waals surface area contributed by atoms with E-state index < -0.39 is 31.3 Å². The minimum Gasteiger partial charge on any atom is -0.354 e. The highest BCUT2D eigenvalue weighted by Gasteiger charge is 2.32. The van der Waals surface area contributed by atoms with E-state index in [4.69, 9.17) is 0 Å². The molecule has 1 fully saturated rings. The lowest BCUT2D eigenvalue weighted by Gasteiger charge is -2.31. The van der Waals surface area contributed by atoms with Gasteiger partial charge in [-0.25, -0.2) is 16.8 Å². The van der Waals surface area contributed by atoms with Gasteiger partial charge in [0.15, 0.2) is 15.3 Å². The number of rotatable bonds is 6. The molecule has 38 heavy (non-hydrogen) atoms. The first kappa shape index (κ1) is 26.1. The van der Waals surface area contributed by atoms with Crippen LogP contribution in [0.2, 0.25) is 0 Å². The normalized spacial score (nSPS) is 14.9. The first-order chi connectivity index (χ1) is 17.8. The molecule has 9 nitrogen and oxygen atoms in total. The van der Waals surface area contributed by atoms with Gasteiger partial charge in [-0.3, -0.25) is 9.59 Å². The summed E-state index contributed by atoms with van der Waals surface area (Å²) < 4.78 is 52.6. The van der Waals surface area contributed by atoms with Crippen LogP contribution >= 0.6 is 0 Å². The SMILES string of the molecule is CC(C)(NC(=O)c1cc2[nH]c3ccccc3c(=O)c2cc1S(C)(=O)=O)c1cccc(S(=O)(=O)N2CCC2)c1. The van der Waals surface area contributed by atoms with Gasteiger partial charge in [0.05, 0.1) is 26.4 Å². The van der Waals surface area contributed by atoms with E-state index in [0.29, 0.717) is 35.1 Å². The Hall–Kier alpha value is -3.54. The van der Waals surface area contributed by atoms with Gasteiger partial charge in [0.2, 0.25) is 10.0 Å². The van der Waals surface area contributed by atoms with Crippen molar-refractivity contribution in [2.24, 2.45) is 0 Å². The number of benzene rings is 3. The van der Waals surface area contributed by atoms with Crippen molar-refractivity contribution >= 4 is 47.6 Å². The molecule has 0 spiro atoms. The minimum atomic E-state index is -3.89. The van der Waals surface area contributed by atoms with Crippen molar-refractivity contribution in [1.29, 1.82) is 0 Å². The largest absolute Gasteiger partial charge is 0.354 e. The number of carbonyl (C=O) groups is 1. The molecule has 5 rings (SSSR count). The second kappa shape index (κ2) is 9.04. The molecule has 1 saturated heterocycles. The molecule has 2 N–H and O–H groups in total. The number of nitrogens with zero attached hydrogens (tertiary/aromatic N) is 1. The zero-order valence-corrected chi connectivity index (χ0v) is 22.7. The van der Waals surface area contributed by atoms with Gasteiger partial charge in [-0.15, -0.1) is 0 Å². The summed E-state index contributed by atoms with van der Waals surface area (Å²) in [5.41, 5.74) is -0.0997. The first-order valence-electron chi connectivity index (χ1n) is 12.0. The lowest BCUT2D eigenvalue weighted by atomic mass is 9.93. The van der Waals surface area contributed by atoms with Crippen LogP contribution in [0.3, 0.4) is 0 Å². The Kier molecular flexibility index (Phi) is 6.20. The fraction of sp³-hybridized carbons (Fsp3) is 0.259. The summed E-state index contributed by atoms with van der Waals surface area (Å²) in [6.45, 7) is 4.36. The second-order valence-electron chi connectivity index (χ2n) is 10.0. The maximum Gasteiger partial charge on any atom is 0.253 e. The van der Waals surface area contributed by atoms with Crippen LogP contribution in [0.25, 0.3) is 21.8 Å². The van der Waals surface area contributed by atoms with E-state index in [-0.39, 0.29) is 26.2 Å². The summed E-state index contributed by atoms with van der Waals surface area (Å²) in [4.78, 5) is 29.6. The standard InChI is InChI=1S/C27H27N3O6S2/c1-27(2,17-8-6-9-18(14-17)38(35,36)30-12-7-13-30)29-26(32)21-15-23-20(16-24(21)37(3,33)34)25(31)19-10-4-5-11-22(19)28-23/h4-6,8-11,14-16H,7,12-13H2,1-3H3,(H,28,31)(H,29,32). The monoisotopic (exact) mass is 553 g/mol. The number of fused-ring (bicyclic) bond motifs is 2. The van der Waals surface area contributed by atoms with Crippen molar-refractivity contribution in [3.05, 3.63) is 82.0 Å². The van der Waals surface area contributed by atoms with Gasteiger partial charge < -0.3 is 10.3 Å². The molecule has 0 saturated carbocycles. The molecule has 11 heteroatoms. The molecule has 1 amide bonds.